The predicted octanol–water partition coefficient (Wildman–Crippen LogP) is 2.79. The van der Waals surface area contributed by atoms with Crippen LogP contribution in [0.5, 0.6) is 0 Å². The zero-order valence-corrected chi connectivity index (χ0v) is 32.2. The molecule has 1 aromatic carbocycles. The third kappa shape index (κ3) is 7.62. The molecule has 5 heterocycles. The number of β-lactam (4-membered cyclic amide) rings is 1. The summed E-state index contributed by atoms with van der Waals surface area (Å²) in [5.74, 6) is -4.04. The number of thiazole rings is 1. The normalized spacial score (nSPS) is 20.4. The monoisotopic (exact) mass is 799 g/mol. The first-order chi connectivity index (χ1) is 25.7. The number of nitrogens with zero attached hydrogens (tertiary/aromatic N) is 5. The lowest BCUT2D eigenvalue weighted by Crippen LogP contribution is -2.71. The molecule has 2 aromatic heterocycles. The number of nitrogens with one attached hydrogen (secondary N) is 2. The number of nitrogens with two attached hydrogens (primary N) is 1. The second-order valence-corrected chi connectivity index (χ2v) is 16.2. The number of nitrogen functional groups attached to an aromatic ring is 1. The lowest BCUT2D eigenvalue weighted by molar-refractivity contribution is -0.661. The molecular weight excluding hydrogens is 760 g/mol. The number of carbonyl (C=O) groups excluding carboxylic acids is 2. The lowest BCUT2D eigenvalue weighted by atomic mass is 10.0. The third-order valence-corrected chi connectivity index (χ3v) is 12.5. The maximum atomic E-state index is 15.9. The van der Waals surface area contributed by atoms with Crippen molar-refractivity contribution in [1.29, 1.82) is 0 Å². The lowest BCUT2D eigenvalue weighted by Gasteiger charge is -2.49. The Labute approximate surface area is 322 Å². The van der Waals surface area contributed by atoms with Gasteiger partial charge in [-0.25, -0.2) is 19.0 Å². The molecule has 2 amide bonds. The van der Waals surface area contributed by atoms with E-state index in [0.29, 0.717) is 29.7 Å². The molecule has 3 unspecified atom stereocenters. The van der Waals surface area contributed by atoms with Crippen molar-refractivity contribution >= 4 is 86.0 Å². The number of thioether (sulfide) groups is 2. The van der Waals surface area contributed by atoms with Crippen LogP contribution in [0, 0.1) is 5.82 Å². The number of allylic oxidation sites excluding steroid dienone is 1. The van der Waals surface area contributed by atoms with Crippen LogP contribution in [-0.2, 0) is 30.6 Å². The van der Waals surface area contributed by atoms with Crippen LogP contribution in [0.15, 0.2) is 63.8 Å². The van der Waals surface area contributed by atoms with Gasteiger partial charge in [-0.05, 0) is 38.0 Å². The number of aliphatic carboxylic acids is 2. The highest BCUT2D eigenvalue weighted by atomic mass is 32.2. The van der Waals surface area contributed by atoms with Gasteiger partial charge in [-0.15, -0.1) is 34.9 Å². The number of rotatable bonds is 14. The molecule has 0 aliphatic carbocycles. The average Bonchev–Trinajstić information content (AvgIpc) is 3.58. The van der Waals surface area contributed by atoms with Crippen molar-refractivity contribution in [3.05, 3.63) is 65.2 Å². The average molecular weight is 800 g/mol. The largest absolute Gasteiger partial charge is 0.478 e. The SMILES string of the molecule is C=CC[n+]1ccc(SCC2=C(C(=O)O)N3C(=O)C(NC(=O)/C(=N\OC(C)(C)C(=O)O)c4csc(N)n4)C3SC2)c2cc(F)c(N3CCNCC3CC)cc21. The number of oxime groups is 1. The molecule has 2 fully saturated rings. The molecule has 0 spiro atoms. The summed E-state index contributed by atoms with van der Waals surface area (Å²) in [7, 11) is 0. The van der Waals surface area contributed by atoms with Crippen LogP contribution < -0.4 is 25.8 Å². The van der Waals surface area contributed by atoms with Crippen LogP contribution >= 0.6 is 34.9 Å². The minimum Gasteiger partial charge on any atom is -0.478 e. The topological polar surface area (TPSA) is 204 Å². The van der Waals surface area contributed by atoms with E-state index in [1.165, 1.54) is 48.8 Å². The van der Waals surface area contributed by atoms with Crippen molar-refractivity contribution in [3.8, 4) is 0 Å². The Morgan fingerprint density at radius 3 is 2.78 bits per heavy atom. The summed E-state index contributed by atoms with van der Waals surface area (Å²) in [6.07, 6.45) is 4.53. The number of pyridine rings is 1. The van der Waals surface area contributed by atoms with E-state index in [2.05, 4.69) is 39.2 Å². The third-order valence-electron chi connectivity index (χ3n) is 9.30. The summed E-state index contributed by atoms with van der Waals surface area (Å²) in [6.45, 7) is 11.2. The number of fused-ring (bicyclic) bond motifs is 2. The van der Waals surface area contributed by atoms with E-state index < -0.39 is 46.5 Å². The number of amides is 2. The number of carbonyl (C=O) groups is 4. The summed E-state index contributed by atoms with van der Waals surface area (Å²) < 4.78 is 17.9. The summed E-state index contributed by atoms with van der Waals surface area (Å²) >= 11 is 3.66. The number of hydrogen-bond acceptors (Lipinski definition) is 13. The van der Waals surface area contributed by atoms with Gasteiger partial charge in [-0.2, -0.15) is 4.57 Å². The molecule has 6 rings (SSSR count). The van der Waals surface area contributed by atoms with Gasteiger partial charge in [0.05, 0.1) is 11.1 Å². The van der Waals surface area contributed by atoms with Crippen molar-refractivity contribution in [2.75, 3.05) is 41.8 Å². The zero-order valence-electron chi connectivity index (χ0n) is 29.7. The van der Waals surface area contributed by atoms with Gasteiger partial charge in [0.15, 0.2) is 23.6 Å². The zero-order chi connectivity index (χ0) is 38.9. The number of carboxylic acid groups (broad SMARTS) is 2. The second-order valence-electron chi connectivity index (χ2n) is 13.2. The van der Waals surface area contributed by atoms with Gasteiger partial charge in [-0.1, -0.05) is 18.7 Å². The summed E-state index contributed by atoms with van der Waals surface area (Å²) in [5.41, 5.74) is 5.23. The van der Waals surface area contributed by atoms with Gasteiger partial charge in [-0.3, -0.25) is 14.5 Å². The maximum Gasteiger partial charge on any atom is 0.352 e. The van der Waals surface area contributed by atoms with Crippen LogP contribution in [-0.4, -0.2) is 104 Å². The van der Waals surface area contributed by atoms with Gasteiger partial charge in [0, 0.05) is 59.6 Å². The maximum absolute atomic E-state index is 15.9. The molecule has 0 bridgehead atoms. The molecule has 3 atom stereocenters. The van der Waals surface area contributed by atoms with Crippen molar-refractivity contribution in [1.82, 2.24) is 20.5 Å². The highest BCUT2D eigenvalue weighted by molar-refractivity contribution is 8.01. The molecule has 19 heteroatoms. The van der Waals surface area contributed by atoms with E-state index in [-0.39, 0.29) is 39.9 Å². The van der Waals surface area contributed by atoms with E-state index >= 15 is 4.39 Å². The first-order valence-corrected chi connectivity index (χ1v) is 20.0. The number of halogens is 1. The Kier molecular flexibility index (Phi) is 11.5. The van der Waals surface area contributed by atoms with Crippen molar-refractivity contribution in [2.24, 2.45) is 5.16 Å². The Morgan fingerprint density at radius 1 is 1.33 bits per heavy atom. The summed E-state index contributed by atoms with van der Waals surface area (Å²) in [6, 6.07) is 4.32. The molecule has 15 nitrogen and oxygen atoms in total. The van der Waals surface area contributed by atoms with Gasteiger partial charge < -0.3 is 36.3 Å². The van der Waals surface area contributed by atoms with Crippen LogP contribution in [0.25, 0.3) is 10.9 Å². The van der Waals surface area contributed by atoms with Crippen molar-refractivity contribution in [2.45, 2.75) is 61.7 Å². The van der Waals surface area contributed by atoms with Crippen molar-refractivity contribution in [3.63, 3.8) is 0 Å². The number of carboxylic acids is 2. The van der Waals surface area contributed by atoms with Crippen LogP contribution in [0.1, 0.15) is 32.9 Å². The van der Waals surface area contributed by atoms with Crippen LogP contribution in [0.2, 0.25) is 0 Å². The second kappa shape index (κ2) is 15.9. The number of hydrogen-bond donors (Lipinski definition) is 5. The fourth-order valence-corrected chi connectivity index (χ4v) is 9.44. The molecule has 3 aromatic rings. The van der Waals surface area contributed by atoms with E-state index in [4.69, 9.17) is 10.6 Å². The first-order valence-electron chi connectivity index (χ1n) is 17.0. The van der Waals surface area contributed by atoms with E-state index in [9.17, 15) is 29.4 Å². The number of benzene rings is 1. The number of piperazine rings is 1. The standard InChI is InChI=1S/C35H39FN8O7S3/c1-5-9-42-10-7-25(20-12-21(36)24(13-23(20)42)43-11-8-38-14-19(43)6-2)52-15-18-16-53-31-27(30(46)44(31)28(18)32(47)48)40-29(45)26(22-17-54-34(37)39-22)41-51-35(3,4)33(49)50/h5,7,10,12-13,17,19,27,31,38H,1,6,8-9,11,14-16H2,2-4H3,(H4-,37,39,40,45,47,48,49,50)/p+1/b41-26-. The molecule has 6 N–H and O–H groups in total. The molecule has 3 aliphatic rings. The Balaban J connectivity index is 1.23. The molecule has 2 saturated heterocycles. The summed E-state index contributed by atoms with van der Waals surface area (Å²) in [5, 5.41) is 31.0. The highest BCUT2D eigenvalue weighted by Gasteiger charge is 2.54. The molecule has 3 aliphatic heterocycles. The van der Waals surface area contributed by atoms with Crippen molar-refractivity contribution < 1.29 is 43.2 Å². The fraction of sp³-hybridized carbons (Fsp3) is 0.400. The van der Waals surface area contributed by atoms with Crippen LogP contribution in [0.3, 0.4) is 0 Å². The first kappa shape index (κ1) is 39.0. The fourth-order valence-electron chi connectivity index (χ4n) is 6.37. The quantitative estimate of drug-likeness (QED) is 0.0398. The van der Waals surface area contributed by atoms with Crippen LogP contribution in [0.4, 0.5) is 15.2 Å². The van der Waals surface area contributed by atoms with E-state index in [1.807, 2.05) is 22.9 Å². The number of aromatic nitrogens is 2. The Hall–Kier alpha value is -4.72. The molecule has 0 saturated carbocycles. The molecular formula is C35H40FN8O7S3+. The molecule has 0 radical (unpaired) electrons. The van der Waals surface area contributed by atoms with Gasteiger partial charge >= 0.3 is 11.9 Å². The molecule has 54 heavy (non-hydrogen) atoms. The van der Waals surface area contributed by atoms with Gasteiger partial charge in [0.2, 0.25) is 11.1 Å². The smallest absolute Gasteiger partial charge is 0.352 e. The van der Waals surface area contributed by atoms with E-state index in [0.717, 1.165) is 46.2 Å². The minimum absolute atomic E-state index is 0.00931. The number of anilines is 2. The Bertz CT molecular complexity index is 2090. The Morgan fingerprint density at radius 2 is 2.11 bits per heavy atom. The minimum atomic E-state index is -1.79. The predicted molar refractivity (Wildman–Crippen MR) is 205 cm³/mol. The highest BCUT2D eigenvalue weighted by Crippen LogP contribution is 2.42. The van der Waals surface area contributed by atoms with Gasteiger partial charge in [0.1, 0.15) is 28.6 Å². The summed E-state index contributed by atoms with van der Waals surface area (Å²) in [4.78, 5) is 64.4. The van der Waals surface area contributed by atoms with E-state index in [1.54, 1.807) is 6.08 Å². The van der Waals surface area contributed by atoms with Gasteiger partial charge in [0.25, 0.3) is 11.8 Å². The molecule has 286 valence electrons.